The molecule has 1 saturated carbocycles. The highest BCUT2D eigenvalue weighted by atomic mass is 19.3. The number of benzene rings is 1. The second kappa shape index (κ2) is 10.7. The summed E-state index contributed by atoms with van der Waals surface area (Å²) >= 11 is 0. The van der Waals surface area contributed by atoms with Crippen molar-refractivity contribution < 1.29 is 37.8 Å². The number of halogens is 2. The van der Waals surface area contributed by atoms with Crippen molar-refractivity contribution in [3.8, 4) is 5.75 Å². The molecule has 3 fully saturated rings. The van der Waals surface area contributed by atoms with Crippen molar-refractivity contribution in [1.29, 1.82) is 0 Å². The molecule has 1 aromatic heterocycles. The van der Waals surface area contributed by atoms with E-state index in [0.717, 1.165) is 19.3 Å². The van der Waals surface area contributed by atoms with E-state index in [9.17, 15) is 33.1 Å². The number of carbonyl (C=O) groups is 4. The van der Waals surface area contributed by atoms with Crippen molar-refractivity contribution in [3.05, 3.63) is 30.0 Å². The lowest BCUT2D eigenvalue weighted by Gasteiger charge is -2.29. The number of nitrogens with zero attached hydrogens (tertiary/aromatic N) is 1. The minimum Gasteiger partial charge on any atom is -0.434 e. The van der Waals surface area contributed by atoms with Crippen LogP contribution in [-0.2, 0) is 14.4 Å². The van der Waals surface area contributed by atoms with E-state index < -0.39 is 48.8 Å². The zero-order valence-corrected chi connectivity index (χ0v) is 20.6. The summed E-state index contributed by atoms with van der Waals surface area (Å²) < 4.78 is 30.3. The molecule has 3 amide bonds. The molecule has 5 rings (SSSR count). The molecule has 1 aromatic carbocycles. The van der Waals surface area contributed by atoms with E-state index in [-0.39, 0.29) is 35.6 Å². The van der Waals surface area contributed by atoms with Gasteiger partial charge in [-0.3, -0.25) is 19.2 Å². The molecule has 10 nitrogen and oxygen atoms in total. The number of hydrogen-bond donors (Lipinski definition) is 4. The monoisotopic (exact) mass is 532 g/mol. The molecular formula is C26H30F2N4O6. The Bertz CT molecular complexity index is 1250. The van der Waals surface area contributed by atoms with Gasteiger partial charge in [0.05, 0.1) is 6.04 Å². The zero-order valence-electron chi connectivity index (χ0n) is 20.6. The summed E-state index contributed by atoms with van der Waals surface area (Å²) in [5.41, 5.74) is 0.573. The fourth-order valence-corrected chi connectivity index (χ4v) is 6.24. The van der Waals surface area contributed by atoms with Crippen LogP contribution < -0.4 is 15.4 Å². The van der Waals surface area contributed by atoms with Gasteiger partial charge in [-0.05, 0) is 55.7 Å². The number of Topliss-reactive ketones (excluding diaryl/α,β-unsaturated/α-hetero) is 1. The summed E-state index contributed by atoms with van der Waals surface area (Å²) in [4.78, 5) is 56.2. The maximum atomic E-state index is 13.7. The third-order valence-electron chi connectivity index (χ3n) is 8.03. The Morgan fingerprint density at radius 2 is 2.03 bits per heavy atom. The Hall–Kier alpha value is -3.54. The number of aliphatic hydroxyl groups is 1. The van der Waals surface area contributed by atoms with E-state index in [0.29, 0.717) is 30.4 Å². The summed E-state index contributed by atoms with van der Waals surface area (Å²) in [6, 6.07) is 4.10. The standard InChI is InChI=1S/C26H30F2N4O6/c27-26(28)38-21-6-2-5-17-16(21)10-19(30-17)25(37)32-11-14-3-1-4-15(14)22(32)24(36)31-18(20(34)12-33)9-13-7-8-29-23(13)35/h2,5-6,10,13-15,18,22,26,30,33H,1,3-4,7-9,11-12H2,(H,29,35)(H,31,36)/t13-,14-,15-,18-,22-/m0/s1. The minimum absolute atomic E-state index is 0.0679. The van der Waals surface area contributed by atoms with Crippen LogP contribution >= 0.6 is 0 Å². The highest BCUT2D eigenvalue weighted by Gasteiger charge is 2.50. The number of ether oxygens (including phenoxy) is 1. The normalized spacial score (nSPS) is 25.5. The van der Waals surface area contributed by atoms with Crippen LogP contribution in [0.5, 0.6) is 5.75 Å². The summed E-state index contributed by atoms with van der Waals surface area (Å²) in [7, 11) is 0. The van der Waals surface area contributed by atoms with Crippen molar-refractivity contribution >= 4 is 34.4 Å². The van der Waals surface area contributed by atoms with Crippen LogP contribution in [0, 0.1) is 17.8 Å². The number of H-pyrrole nitrogens is 1. The quantitative estimate of drug-likeness (QED) is 0.387. The van der Waals surface area contributed by atoms with E-state index in [4.69, 9.17) is 0 Å². The first-order valence-electron chi connectivity index (χ1n) is 12.9. The number of aliphatic hydroxyl groups excluding tert-OH is 1. The average molecular weight is 533 g/mol. The van der Waals surface area contributed by atoms with E-state index in [2.05, 4.69) is 20.4 Å². The number of aromatic nitrogens is 1. The number of amides is 3. The third kappa shape index (κ3) is 4.96. The van der Waals surface area contributed by atoms with Crippen molar-refractivity contribution in [2.75, 3.05) is 19.7 Å². The van der Waals surface area contributed by atoms with Gasteiger partial charge in [-0.1, -0.05) is 12.5 Å². The number of ketones is 1. The van der Waals surface area contributed by atoms with Gasteiger partial charge in [-0.25, -0.2) is 0 Å². The minimum atomic E-state index is -3.02. The Kier molecular flexibility index (Phi) is 7.33. The SMILES string of the molecule is O=C1NCC[C@H]1C[C@H](NC(=O)[C@@H]1[C@H]2CCC[C@H]2CN1C(=O)c1cc2c(OC(F)F)cccc2[nH]1)C(=O)CO. The summed E-state index contributed by atoms with van der Waals surface area (Å²) in [6.07, 6.45) is 3.12. The number of alkyl halides is 2. The first-order valence-corrected chi connectivity index (χ1v) is 12.9. The molecule has 0 radical (unpaired) electrons. The second-order valence-electron chi connectivity index (χ2n) is 10.2. The van der Waals surface area contributed by atoms with E-state index in [1.807, 2.05) is 0 Å². The molecule has 2 saturated heterocycles. The molecule has 0 bridgehead atoms. The van der Waals surface area contributed by atoms with Crippen molar-refractivity contribution in [3.63, 3.8) is 0 Å². The number of likely N-dealkylation sites (tertiary alicyclic amines) is 1. The molecule has 4 N–H and O–H groups in total. The smallest absolute Gasteiger partial charge is 0.387 e. The van der Waals surface area contributed by atoms with Gasteiger partial charge in [0.1, 0.15) is 24.1 Å². The second-order valence-corrected chi connectivity index (χ2v) is 10.2. The van der Waals surface area contributed by atoms with Crippen LogP contribution in [0.2, 0.25) is 0 Å². The molecular weight excluding hydrogens is 502 g/mol. The molecule has 204 valence electrons. The lowest BCUT2D eigenvalue weighted by atomic mass is 9.92. The zero-order chi connectivity index (χ0) is 27.0. The maximum absolute atomic E-state index is 13.7. The topological polar surface area (TPSA) is 141 Å². The maximum Gasteiger partial charge on any atom is 0.387 e. The molecule has 0 spiro atoms. The van der Waals surface area contributed by atoms with Crippen LogP contribution in [-0.4, -0.2) is 76.9 Å². The molecule has 3 aliphatic rings. The van der Waals surface area contributed by atoms with Crippen molar-refractivity contribution in [1.82, 2.24) is 20.5 Å². The van der Waals surface area contributed by atoms with Gasteiger partial charge >= 0.3 is 6.61 Å². The molecule has 2 aliphatic heterocycles. The summed E-state index contributed by atoms with van der Waals surface area (Å²) in [5.74, 6) is -2.26. The van der Waals surface area contributed by atoms with Gasteiger partial charge in [0.2, 0.25) is 11.8 Å². The fourth-order valence-electron chi connectivity index (χ4n) is 6.24. The summed E-state index contributed by atoms with van der Waals surface area (Å²) in [6.45, 7) is -2.97. The van der Waals surface area contributed by atoms with Crippen LogP contribution in [0.4, 0.5) is 8.78 Å². The Morgan fingerprint density at radius 3 is 2.74 bits per heavy atom. The predicted molar refractivity (Wildman–Crippen MR) is 130 cm³/mol. The number of aromatic amines is 1. The van der Waals surface area contributed by atoms with E-state index >= 15 is 0 Å². The van der Waals surface area contributed by atoms with E-state index in [1.165, 1.54) is 23.1 Å². The predicted octanol–water partition coefficient (Wildman–Crippen LogP) is 1.58. The highest BCUT2D eigenvalue weighted by molar-refractivity contribution is 6.02. The third-order valence-corrected chi connectivity index (χ3v) is 8.03. The van der Waals surface area contributed by atoms with Crippen LogP contribution in [0.3, 0.4) is 0 Å². The van der Waals surface area contributed by atoms with Crippen molar-refractivity contribution in [2.24, 2.45) is 17.8 Å². The van der Waals surface area contributed by atoms with Gasteiger partial charge < -0.3 is 30.4 Å². The lowest BCUT2D eigenvalue weighted by molar-refractivity contribution is -0.133. The Morgan fingerprint density at radius 1 is 1.21 bits per heavy atom. The average Bonchev–Trinajstić information content (AvgIpc) is 3.66. The number of hydrogen-bond acceptors (Lipinski definition) is 6. The van der Waals surface area contributed by atoms with Gasteiger partial charge in [-0.2, -0.15) is 8.78 Å². The van der Waals surface area contributed by atoms with Gasteiger partial charge in [0.15, 0.2) is 5.78 Å². The molecule has 38 heavy (non-hydrogen) atoms. The number of rotatable bonds is 9. The molecule has 2 aromatic rings. The largest absolute Gasteiger partial charge is 0.434 e. The number of carbonyl (C=O) groups excluding carboxylic acids is 4. The van der Waals surface area contributed by atoms with Crippen LogP contribution in [0.15, 0.2) is 24.3 Å². The first-order chi connectivity index (χ1) is 18.3. The fraction of sp³-hybridized carbons (Fsp3) is 0.538. The van der Waals surface area contributed by atoms with Crippen LogP contribution in [0.25, 0.3) is 10.9 Å². The lowest BCUT2D eigenvalue weighted by Crippen LogP contribution is -2.53. The van der Waals surface area contributed by atoms with Gasteiger partial charge in [-0.15, -0.1) is 0 Å². The molecule has 0 unspecified atom stereocenters. The molecule has 1 aliphatic carbocycles. The Balaban J connectivity index is 1.39. The highest BCUT2D eigenvalue weighted by Crippen LogP contribution is 2.43. The summed E-state index contributed by atoms with van der Waals surface area (Å²) in [5, 5.41) is 15.2. The molecule has 3 heterocycles. The molecule has 5 atom stereocenters. The first kappa shape index (κ1) is 26.1. The van der Waals surface area contributed by atoms with E-state index in [1.54, 1.807) is 6.07 Å². The van der Waals surface area contributed by atoms with Gasteiger partial charge in [0.25, 0.3) is 5.91 Å². The molecule has 12 heteroatoms. The number of nitrogens with one attached hydrogen (secondary N) is 3. The van der Waals surface area contributed by atoms with Crippen LogP contribution in [0.1, 0.15) is 42.6 Å². The Labute approximate surface area is 217 Å². The number of fused-ring (bicyclic) bond motifs is 2. The van der Waals surface area contributed by atoms with Gasteiger partial charge in [0, 0.05) is 29.9 Å². The van der Waals surface area contributed by atoms with Crippen molar-refractivity contribution in [2.45, 2.75) is 50.8 Å².